The number of aromatic nitrogens is 2. The average molecular weight is 685 g/mol. The van der Waals surface area contributed by atoms with Gasteiger partial charge in [0.05, 0.1) is 16.8 Å². The van der Waals surface area contributed by atoms with Crippen LogP contribution in [0.1, 0.15) is 22.3 Å². The van der Waals surface area contributed by atoms with Crippen molar-refractivity contribution < 1.29 is 0 Å². The van der Waals surface area contributed by atoms with Gasteiger partial charge in [0.1, 0.15) is 0 Å². The molecule has 0 saturated carbocycles. The number of nitrogens with zero attached hydrogens (tertiary/aromatic N) is 2. The highest BCUT2D eigenvalue weighted by Gasteiger charge is 2.50. The van der Waals surface area contributed by atoms with Crippen molar-refractivity contribution in [2.45, 2.75) is 15.2 Å². The van der Waals surface area contributed by atoms with Crippen molar-refractivity contribution in [1.29, 1.82) is 0 Å². The number of rotatable bonds is 3. The first kappa shape index (κ1) is 29.0. The summed E-state index contributed by atoms with van der Waals surface area (Å²) < 4.78 is 2.54. The molecule has 0 unspecified atom stereocenters. The molecule has 0 N–H and O–H groups in total. The molecule has 2 aromatic heterocycles. The van der Waals surface area contributed by atoms with E-state index in [9.17, 15) is 0 Å². The molecule has 0 bridgehead atoms. The fraction of sp³-hybridized carbons (Fsp3) is 0.0213. The zero-order chi connectivity index (χ0) is 33.5. The Labute approximate surface area is 304 Å². The number of benzene rings is 7. The van der Waals surface area contributed by atoms with Crippen molar-refractivity contribution in [2.75, 3.05) is 0 Å². The summed E-state index contributed by atoms with van der Waals surface area (Å²) in [6.07, 6.45) is 0. The molecule has 0 amide bonds. The lowest BCUT2D eigenvalue weighted by Crippen LogP contribution is -2.31. The van der Waals surface area contributed by atoms with Crippen molar-refractivity contribution in [1.82, 2.24) is 9.97 Å². The quantitative estimate of drug-likeness (QED) is 0.185. The molecule has 1 spiro atoms. The highest BCUT2D eigenvalue weighted by molar-refractivity contribution is 7.99. The fourth-order valence-corrected chi connectivity index (χ4v) is 10.9. The van der Waals surface area contributed by atoms with E-state index in [2.05, 4.69) is 146 Å². The van der Waals surface area contributed by atoms with Gasteiger partial charge in [0.25, 0.3) is 0 Å². The molecule has 11 rings (SSSR count). The first-order valence-corrected chi connectivity index (χ1v) is 18.9. The molecule has 2 nitrogen and oxygen atoms in total. The smallest absolute Gasteiger partial charge is 0.160 e. The van der Waals surface area contributed by atoms with Crippen LogP contribution >= 0.6 is 23.1 Å². The van der Waals surface area contributed by atoms with Gasteiger partial charge in [-0.1, -0.05) is 157 Å². The molecule has 0 fully saturated rings. The Kier molecular flexibility index (Phi) is 6.30. The van der Waals surface area contributed by atoms with Crippen molar-refractivity contribution in [2.24, 2.45) is 0 Å². The van der Waals surface area contributed by atoms with Crippen molar-refractivity contribution >= 4 is 43.3 Å². The van der Waals surface area contributed by atoms with Gasteiger partial charge in [0, 0.05) is 46.7 Å². The summed E-state index contributed by atoms with van der Waals surface area (Å²) in [6.45, 7) is 0. The Morgan fingerprint density at radius 3 is 1.76 bits per heavy atom. The molecular formula is C47H28N2S2. The number of fused-ring (bicyclic) bond motifs is 12. The maximum atomic E-state index is 5.22. The average Bonchev–Trinajstić information content (AvgIpc) is 3.71. The maximum Gasteiger partial charge on any atom is 0.160 e. The molecule has 0 saturated heterocycles. The predicted octanol–water partition coefficient (Wildman–Crippen LogP) is 12.7. The maximum absolute atomic E-state index is 5.22. The van der Waals surface area contributed by atoms with E-state index >= 15 is 0 Å². The van der Waals surface area contributed by atoms with Crippen LogP contribution in [0.4, 0.5) is 0 Å². The molecule has 1 aliphatic carbocycles. The minimum absolute atomic E-state index is 0.397. The van der Waals surface area contributed by atoms with Gasteiger partial charge < -0.3 is 0 Å². The molecule has 0 radical (unpaired) electrons. The molecule has 7 aromatic carbocycles. The molecule has 0 atom stereocenters. The number of thiophene rings is 1. The van der Waals surface area contributed by atoms with Gasteiger partial charge in [0.15, 0.2) is 5.82 Å². The van der Waals surface area contributed by atoms with Crippen molar-refractivity contribution in [3.8, 4) is 45.0 Å². The first-order valence-electron chi connectivity index (χ1n) is 17.2. The van der Waals surface area contributed by atoms with E-state index < -0.39 is 5.41 Å². The van der Waals surface area contributed by atoms with E-state index in [0.29, 0.717) is 0 Å². The van der Waals surface area contributed by atoms with Crippen LogP contribution in [0.25, 0.3) is 65.2 Å². The Morgan fingerprint density at radius 1 is 0.412 bits per heavy atom. The van der Waals surface area contributed by atoms with Crippen molar-refractivity contribution in [3.05, 3.63) is 192 Å². The van der Waals surface area contributed by atoms with Gasteiger partial charge in [-0.2, -0.15) is 0 Å². The van der Waals surface area contributed by atoms with Crippen LogP contribution in [0, 0.1) is 0 Å². The zero-order valence-electron chi connectivity index (χ0n) is 27.4. The number of hydrogen-bond acceptors (Lipinski definition) is 4. The topological polar surface area (TPSA) is 25.8 Å². The predicted molar refractivity (Wildman–Crippen MR) is 213 cm³/mol. The lowest BCUT2D eigenvalue weighted by molar-refractivity contribution is 0.724. The van der Waals surface area contributed by atoms with E-state index in [0.717, 1.165) is 33.9 Å². The summed E-state index contributed by atoms with van der Waals surface area (Å²) in [5.74, 6) is 0.732. The van der Waals surface area contributed by atoms with E-state index in [-0.39, 0.29) is 0 Å². The van der Waals surface area contributed by atoms with Crippen LogP contribution in [-0.2, 0) is 5.41 Å². The molecule has 2 aliphatic rings. The van der Waals surface area contributed by atoms with Crippen LogP contribution in [0.3, 0.4) is 0 Å². The highest BCUT2D eigenvalue weighted by Crippen LogP contribution is 2.63. The Hall–Kier alpha value is -5.81. The van der Waals surface area contributed by atoms with E-state index in [1.54, 1.807) is 0 Å². The zero-order valence-corrected chi connectivity index (χ0v) is 29.0. The molecule has 1 aliphatic heterocycles. The van der Waals surface area contributed by atoms with Crippen LogP contribution in [0.15, 0.2) is 180 Å². The molecule has 3 heterocycles. The summed E-state index contributed by atoms with van der Waals surface area (Å²) in [5, 5.41) is 2.55. The van der Waals surface area contributed by atoms with Gasteiger partial charge in [-0.05, 0) is 57.6 Å². The summed E-state index contributed by atoms with van der Waals surface area (Å²) in [6, 6.07) is 61.6. The SMILES string of the molecule is c1ccc(-c2cc(-c3cccc4c3sc3cc5c(cc34)C3(c4ccccc4S5)c4ccccc4-c4ccccc43)nc(-c3ccccc3)n2)cc1. The van der Waals surface area contributed by atoms with E-state index in [1.165, 1.54) is 63.3 Å². The Morgan fingerprint density at radius 2 is 1.02 bits per heavy atom. The molecule has 9 aromatic rings. The molecule has 238 valence electrons. The molecular weight excluding hydrogens is 657 g/mol. The Bertz CT molecular complexity index is 2730. The normalized spacial score (nSPS) is 13.6. The second kappa shape index (κ2) is 11.1. The van der Waals surface area contributed by atoms with Gasteiger partial charge in [0.2, 0.25) is 0 Å². The van der Waals surface area contributed by atoms with Crippen molar-refractivity contribution in [3.63, 3.8) is 0 Å². The lowest BCUT2D eigenvalue weighted by Gasteiger charge is -2.39. The first-order chi connectivity index (χ1) is 25.3. The molecule has 4 heteroatoms. The third-order valence-electron chi connectivity index (χ3n) is 10.6. The van der Waals surface area contributed by atoms with Gasteiger partial charge in [-0.25, -0.2) is 9.97 Å². The van der Waals surface area contributed by atoms with Crippen LogP contribution in [0.5, 0.6) is 0 Å². The van der Waals surface area contributed by atoms with Crippen LogP contribution in [-0.4, -0.2) is 9.97 Å². The minimum Gasteiger partial charge on any atom is -0.228 e. The Balaban J connectivity index is 1.18. The lowest BCUT2D eigenvalue weighted by atomic mass is 9.67. The molecule has 51 heavy (non-hydrogen) atoms. The second-order valence-corrected chi connectivity index (χ2v) is 15.4. The number of hydrogen-bond donors (Lipinski definition) is 0. The highest BCUT2D eigenvalue weighted by atomic mass is 32.2. The third-order valence-corrected chi connectivity index (χ3v) is 12.9. The summed E-state index contributed by atoms with van der Waals surface area (Å²) in [4.78, 5) is 12.9. The summed E-state index contributed by atoms with van der Waals surface area (Å²) in [5.41, 5.74) is 12.8. The van der Waals surface area contributed by atoms with Crippen LogP contribution in [0.2, 0.25) is 0 Å². The fourth-order valence-electron chi connectivity index (χ4n) is 8.41. The second-order valence-electron chi connectivity index (χ2n) is 13.3. The summed E-state index contributed by atoms with van der Waals surface area (Å²) in [7, 11) is 0. The van der Waals surface area contributed by atoms with Crippen LogP contribution < -0.4 is 0 Å². The third kappa shape index (κ3) is 4.18. The van der Waals surface area contributed by atoms with E-state index in [1.807, 2.05) is 47.4 Å². The monoisotopic (exact) mass is 684 g/mol. The van der Waals surface area contributed by atoms with Gasteiger partial charge in [-0.3, -0.25) is 0 Å². The largest absolute Gasteiger partial charge is 0.228 e. The van der Waals surface area contributed by atoms with Gasteiger partial charge >= 0.3 is 0 Å². The van der Waals surface area contributed by atoms with E-state index in [4.69, 9.17) is 9.97 Å². The van der Waals surface area contributed by atoms with Gasteiger partial charge in [-0.15, -0.1) is 11.3 Å². The minimum atomic E-state index is -0.397. The summed E-state index contributed by atoms with van der Waals surface area (Å²) >= 11 is 3.77. The standard InChI is InChI=1S/C47H28N2S2/c1-3-14-29(15-4-1)40-27-41(49-46(48-40)30-16-5-2-6-17-30)34-21-13-20-33-35-26-39-44(28-43(35)51-45(33)34)50-42-25-12-11-24-38(42)47(39)36-22-9-7-18-31(36)32-19-8-10-23-37(32)47/h1-28H.